The van der Waals surface area contributed by atoms with Crippen LogP contribution >= 0.6 is 0 Å². The maximum absolute atomic E-state index is 5.16. The molecule has 216 valence electrons. The Labute approximate surface area is 255 Å². The van der Waals surface area contributed by atoms with Crippen LogP contribution in [0.3, 0.4) is 0 Å². The third-order valence-corrected chi connectivity index (χ3v) is 8.69. The van der Waals surface area contributed by atoms with Crippen molar-refractivity contribution in [2.45, 2.75) is 25.4 Å². The van der Waals surface area contributed by atoms with Gasteiger partial charge in [0.1, 0.15) is 0 Å². The summed E-state index contributed by atoms with van der Waals surface area (Å²) in [5.74, 6) is 0.569. The molecule has 0 spiro atoms. The van der Waals surface area contributed by atoms with Gasteiger partial charge in [-0.1, -0.05) is 72.8 Å². The lowest BCUT2D eigenvalue weighted by atomic mass is 10.0. The van der Waals surface area contributed by atoms with E-state index in [9.17, 15) is 0 Å². The molecule has 4 aromatic carbocycles. The van der Waals surface area contributed by atoms with Crippen molar-refractivity contribution in [1.29, 1.82) is 0 Å². The van der Waals surface area contributed by atoms with Gasteiger partial charge in [0.15, 0.2) is 0 Å². The van der Waals surface area contributed by atoms with E-state index in [-0.39, 0.29) is 0 Å². The van der Waals surface area contributed by atoms with Crippen LogP contribution in [0.15, 0.2) is 109 Å². The van der Waals surface area contributed by atoms with E-state index >= 15 is 0 Å². The molecule has 8 rings (SSSR count). The summed E-state index contributed by atoms with van der Waals surface area (Å²) in [6, 6.07) is 36.6. The second-order valence-electron chi connectivity index (χ2n) is 11.6. The van der Waals surface area contributed by atoms with Crippen LogP contribution in [0.1, 0.15) is 24.4 Å². The Hall–Kier alpha value is -5.21. The number of likely N-dealkylation sites (tertiary alicyclic amines) is 1. The molecule has 44 heavy (non-hydrogen) atoms. The highest BCUT2D eigenvalue weighted by molar-refractivity contribution is 5.88. The Balaban J connectivity index is 1.05. The van der Waals surface area contributed by atoms with Crippen LogP contribution < -0.4 is 0 Å². The van der Waals surface area contributed by atoms with E-state index in [0.717, 1.165) is 71.6 Å². The first-order valence-corrected chi connectivity index (χ1v) is 15.2. The van der Waals surface area contributed by atoms with Crippen molar-refractivity contribution in [3.8, 4) is 33.9 Å². The fraction of sp³-hybridized carbons (Fsp3) is 0.194. The number of benzene rings is 4. The number of aryl methyl sites for hydroxylation is 1. The van der Waals surface area contributed by atoms with Crippen molar-refractivity contribution in [1.82, 2.24) is 39.6 Å². The molecule has 1 fully saturated rings. The summed E-state index contributed by atoms with van der Waals surface area (Å²) in [5.41, 5.74) is 8.96. The Morgan fingerprint density at radius 2 is 1.41 bits per heavy atom. The van der Waals surface area contributed by atoms with E-state index in [0.29, 0.717) is 11.9 Å². The Kier molecular flexibility index (Phi) is 6.68. The second kappa shape index (κ2) is 11.1. The summed E-state index contributed by atoms with van der Waals surface area (Å²) in [4.78, 5) is 14.3. The lowest BCUT2D eigenvalue weighted by Gasteiger charge is -2.33. The topological polar surface area (TPSA) is 77.5 Å². The normalized spacial score (nSPS) is 14.5. The van der Waals surface area contributed by atoms with Crippen molar-refractivity contribution in [2.24, 2.45) is 7.05 Å². The zero-order chi connectivity index (χ0) is 29.5. The van der Waals surface area contributed by atoms with E-state index in [2.05, 4.69) is 97.8 Å². The fourth-order valence-electron chi connectivity index (χ4n) is 6.40. The van der Waals surface area contributed by atoms with E-state index in [4.69, 9.17) is 9.97 Å². The van der Waals surface area contributed by atoms with Crippen molar-refractivity contribution in [3.63, 3.8) is 0 Å². The van der Waals surface area contributed by atoms with Gasteiger partial charge in [-0.3, -0.25) is 4.90 Å². The van der Waals surface area contributed by atoms with Crippen LogP contribution in [-0.2, 0) is 13.6 Å². The number of piperidine rings is 1. The third kappa shape index (κ3) is 5.03. The molecular weight excluding hydrogens is 544 g/mol. The van der Waals surface area contributed by atoms with Gasteiger partial charge in [0, 0.05) is 54.1 Å². The Bertz CT molecular complexity index is 2070. The molecule has 8 heteroatoms. The molecule has 0 amide bonds. The number of aromatic nitrogens is 7. The molecule has 0 N–H and O–H groups in total. The first kappa shape index (κ1) is 26.4. The Morgan fingerprint density at radius 1 is 0.705 bits per heavy atom. The summed E-state index contributed by atoms with van der Waals surface area (Å²) in [6.45, 7) is 3.13. The maximum Gasteiger partial charge on any atom is 0.204 e. The van der Waals surface area contributed by atoms with Gasteiger partial charge in [-0.2, -0.15) is 4.80 Å². The fourth-order valence-corrected chi connectivity index (χ4v) is 6.40. The number of nitrogens with zero attached hydrogens (tertiary/aromatic N) is 8. The van der Waals surface area contributed by atoms with Gasteiger partial charge in [0.2, 0.25) is 5.82 Å². The SMILES string of the molecule is Cn1nnc(-c2ccc3nc(-c4ccccc4)c(-c4ccc(CN5CCC(n6ccc7ccccc76)CC5)cc4)nc3c2)n1. The van der Waals surface area contributed by atoms with Crippen LogP contribution in [0.5, 0.6) is 0 Å². The minimum atomic E-state index is 0.557. The minimum absolute atomic E-state index is 0.557. The third-order valence-electron chi connectivity index (χ3n) is 8.69. The van der Waals surface area contributed by atoms with E-state index < -0.39 is 0 Å². The molecule has 1 aliphatic rings. The molecule has 3 aromatic heterocycles. The first-order valence-electron chi connectivity index (χ1n) is 15.2. The summed E-state index contributed by atoms with van der Waals surface area (Å²) < 4.78 is 2.48. The quantitative estimate of drug-likeness (QED) is 0.213. The van der Waals surface area contributed by atoms with Crippen LogP contribution in [-0.4, -0.2) is 52.7 Å². The average molecular weight is 577 g/mol. The molecule has 0 saturated carbocycles. The van der Waals surface area contributed by atoms with Crippen LogP contribution in [0.25, 0.3) is 55.8 Å². The van der Waals surface area contributed by atoms with Gasteiger partial charge >= 0.3 is 0 Å². The molecule has 0 radical (unpaired) electrons. The lowest BCUT2D eigenvalue weighted by Crippen LogP contribution is -2.34. The number of hydrogen-bond donors (Lipinski definition) is 0. The molecule has 0 unspecified atom stereocenters. The van der Waals surface area contributed by atoms with Crippen LogP contribution in [0, 0.1) is 0 Å². The van der Waals surface area contributed by atoms with Gasteiger partial charge in [0.25, 0.3) is 0 Å². The molecule has 4 heterocycles. The molecule has 0 aliphatic carbocycles. The van der Waals surface area contributed by atoms with Gasteiger partial charge in [-0.25, -0.2) is 9.97 Å². The number of fused-ring (bicyclic) bond motifs is 2. The highest BCUT2D eigenvalue weighted by Gasteiger charge is 2.22. The number of rotatable bonds is 6. The van der Waals surface area contributed by atoms with Crippen molar-refractivity contribution >= 4 is 21.9 Å². The van der Waals surface area contributed by atoms with Gasteiger partial charge in [-0.05, 0) is 59.3 Å². The summed E-state index contributed by atoms with van der Waals surface area (Å²) in [7, 11) is 1.76. The van der Waals surface area contributed by atoms with E-state index in [1.165, 1.54) is 21.3 Å². The van der Waals surface area contributed by atoms with E-state index in [1.807, 2.05) is 36.4 Å². The molecule has 1 saturated heterocycles. The standard InChI is InChI=1S/C36H32N8/c1-42-40-36(39-41-42)29-15-16-31-32(23-29)38-35(34(37-31)27-8-3-2-4-9-27)28-13-11-25(12-14-28)24-43-20-18-30(19-21-43)44-22-17-26-7-5-6-10-33(26)44/h2-17,22-23,30H,18-21,24H2,1H3. The number of hydrogen-bond acceptors (Lipinski definition) is 6. The van der Waals surface area contributed by atoms with Crippen molar-refractivity contribution in [3.05, 3.63) is 115 Å². The predicted molar refractivity (Wildman–Crippen MR) is 174 cm³/mol. The molecule has 0 atom stereocenters. The maximum atomic E-state index is 5.16. The highest BCUT2D eigenvalue weighted by Crippen LogP contribution is 2.33. The summed E-state index contributed by atoms with van der Waals surface area (Å²) in [5, 5.41) is 13.8. The predicted octanol–water partition coefficient (Wildman–Crippen LogP) is 6.95. The van der Waals surface area contributed by atoms with Crippen molar-refractivity contribution in [2.75, 3.05) is 13.1 Å². The molecule has 0 bridgehead atoms. The molecular formula is C36H32N8. The highest BCUT2D eigenvalue weighted by atomic mass is 15.6. The van der Waals surface area contributed by atoms with Crippen LogP contribution in [0.4, 0.5) is 0 Å². The molecule has 8 nitrogen and oxygen atoms in total. The smallest absolute Gasteiger partial charge is 0.204 e. The van der Waals surface area contributed by atoms with Crippen molar-refractivity contribution < 1.29 is 0 Å². The first-order chi connectivity index (χ1) is 21.7. The lowest BCUT2D eigenvalue weighted by molar-refractivity contribution is 0.181. The van der Waals surface area contributed by atoms with E-state index in [1.54, 1.807) is 7.05 Å². The average Bonchev–Trinajstić information content (AvgIpc) is 3.72. The van der Waals surface area contributed by atoms with Gasteiger partial charge < -0.3 is 4.57 Å². The monoisotopic (exact) mass is 576 g/mol. The van der Waals surface area contributed by atoms with Gasteiger partial charge in [-0.15, -0.1) is 10.2 Å². The number of para-hydroxylation sites is 1. The Morgan fingerprint density at radius 3 is 2.18 bits per heavy atom. The zero-order valence-electron chi connectivity index (χ0n) is 24.6. The van der Waals surface area contributed by atoms with Crippen LogP contribution in [0.2, 0.25) is 0 Å². The summed E-state index contributed by atoms with van der Waals surface area (Å²) >= 11 is 0. The molecule has 7 aromatic rings. The zero-order valence-corrected chi connectivity index (χ0v) is 24.6. The summed E-state index contributed by atoms with van der Waals surface area (Å²) in [6.07, 6.45) is 4.59. The minimum Gasteiger partial charge on any atom is -0.344 e. The van der Waals surface area contributed by atoms with Gasteiger partial charge in [0.05, 0.1) is 29.5 Å². The largest absolute Gasteiger partial charge is 0.344 e. The molecule has 1 aliphatic heterocycles. The second-order valence-corrected chi connectivity index (χ2v) is 11.6. The number of tetrazole rings is 1.